The highest BCUT2D eigenvalue weighted by Gasteiger charge is 2.45. The maximum Gasteiger partial charge on any atom is 0.471 e. The van der Waals surface area contributed by atoms with Crippen LogP contribution in [-0.4, -0.2) is 24.7 Å². The number of amides is 1. The Hall–Kier alpha value is -1.98. The number of hydrogen-bond acceptors (Lipinski definition) is 2. The molecule has 1 fully saturated rings. The summed E-state index contributed by atoms with van der Waals surface area (Å²) < 4.78 is 117. The molecule has 0 aliphatic heterocycles. The molecule has 0 spiro atoms. The normalized spacial score (nSPS) is 21.2. The van der Waals surface area contributed by atoms with Crippen LogP contribution in [0.4, 0.5) is 45.2 Å². The highest BCUT2D eigenvalue weighted by Crippen LogP contribution is 2.39. The van der Waals surface area contributed by atoms with Crippen molar-refractivity contribution in [2.24, 2.45) is 11.7 Å². The van der Waals surface area contributed by atoms with Crippen molar-refractivity contribution in [3.8, 4) is 0 Å². The van der Waals surface area contributed by atoms with Crippen LogP contribution in [0.15, 0.2) is 18.2 Å². The Morgan fingerprint density at radius 3 is 1.69 bits per heavy atom. The second-order valence-electron chi connectivity index (χ2n) is 6.96. The number of rotatable bonds is 3. The number of nitrogens with zero attached hydrogens (tertiary/aromatic N) is 1. The van der Waals surface area contributed by atoms with Gasteiger partial charge in [-0.25, -0.2) is 0 Å². The van der Waals surface area contributed by atoms with Gasteiger partial charge in [0.25, 0.3) is 0 Å². The Morgan fingerprint density at radius 2 is 1.31 bits per heavy atom. The van der Waals surface area contributed by atoms with Crippen molar-refractivity contribution in [2.75, 3.05) is 11.4 Å². The summed E-state index contributed by atoms with van der Waals surface area (Å²) in [5.41, 5.74) is 0.989. The molecule has 0 unspecified atom stereocenters. The lowest BCUT2D eigenvalue weighted by molar-refractivity contribution is -0.170. The molecule has 0 radical (unpaired) electrons. The zero-order valence-electron chi connectivity index (χ0n) is 14.8. The molecule has 0 aromatic heterocycles. The van der Waals surface area contributed by atoms with Crippen LogP contribution < -0.4 is 10.6 Å². The molecule has 0 bridgehead atoms. The number of hydrogen-bond donors (Lipinski definition) is 1. The fourth-order valence-corrected chi connectivity index (χ4v) is 3.18. The van der Waals surface area contributed by atoms with Crippen LogP contribution >= 0.6 is 0 Å². The summed E-state index contributed by atoms with van der Waals surface area (Å²) in [6.45, 7) is -0.663. The Morgan fingerprint density at radius 1 is 0.862 bits per heavy atom. The summed E-state index contributed by atoms with van der Waals surface area (Å²) in [4.78, 5) is 11.8. The smallest absolute Gasteiger partial charge is 0.328 e. The number of carbonyl (C=O) groups excluding carboxylic acids is 1. The van der Waals surface area contributed by atoms with Crippen LogP contribution in [0.3, 0.4) is 0 Å². The van der Waals surface area contributed by atoms with E-state index in [0.717, 1.165) is 0 Å². The predicted molar refractivity (Wildman–Crippen MR) is 84.8 cm³/mol. The van der Waals surface area contributed by atoms with Crippen molar-refractivity contribution < 1.29 is 44.3 Å². The van der Waals surface area contributed by atoms with E-state index in [9.17, 15) is 44.3 Å². The van der Waals surface area contributed by atoms with E-state index in [1.54, 1.807) is 0 Å². The molecule has 1 aliphatic rings. The molecular weight excluding hydrogens is 419 g/mol. The highest BCUT2D eigenvalue weighted by molar-refractivity contribution is 5.97. The van der Waals surface area contributed by atoms with E-state index in [2.05, 4.69) is 0 Å². The molecule has 12 heteroatoms. The van der Waals surface area contributed by atoms with Gasteiger partial charge in [-0.1, -0.05) is 0 Å². The van der Waals surface area contributed by atoms with Gasteiger partial charge in [0.1, 0.15) is 0 Å². The molecule has 1 amide bonds. The first-order valence-electron chi connectivity index (χ1n) is 8.53. The zero-order chi connectivity index (χ0) is 22.2. The summed E-state index contributed by atoms with van der Waals surface area (Å²) in [5, 5.41) is 0. The first kappa shape index (κ1) is 23.3. The third-order valence-electron chi connectivity index (χ3n) is 4.70. The lowest BCUT2D eigenvalue weighted by atomic mass is 9.86. The van der Waals surface area contributed by atoms with Gasteiger partial charge >= 0.3 is 24.4 Å². The highest BCUT2D eigenvalue weighted by atomic mass is 19.4. The maximum absolute atomic E-state index is 13.0. The van der Waals surface area contributed by atoms with Gasteiger partial charge in [0, 0.05) is 18.3 Å². The van der Waals surface area contributed by atoms with Crippen molar-refractivity contribution in [1.82, 2.24) is 0 Å². The molecule has 2 N–H and O–H groups in total. The largest absolute Gasteiger partial charge is 0.471 e. The van der Waals surface area contributed by atoms with Crippen LogP contribution in [0.2, 0.25) is 0 Å². The zero-order valence-corrected chi connectivity index (χ0v) is 14.8. The Bertz CT molecular complexity index is 700. The number of carbonyl (C=O) groups is 1. The molecule has 164 valence electrons. The van der Waals surface area contributed by atoms with Gasteiger partial charge in [-0.05, 0) is 49.8 Å². The predicted octanol–water partition coefficient (Wildman–Crippen LogP) is 5.14. The average molecular weight is 436 g/mol. The molecule has 0 heterocycles. The molecule has 0 atom stereocenters. The number of benzene rings is 1. The lowest BCUT2D eigenvalue weighted by Crippen LogP contribution is -2.45. The summed E-state index contributed by atoms with van der Waals surface area (Å²) >= 11 is 0. The van der Waals surface area contributed by atoms with Crippen molar-refractivity contribution >= 4 is 11.6 Å². The fraction of sp³-hybridized carbons (Fsp3) is 0.588. The minimum atomic E-state index is -5.47. The summed E-state index contributed by atoms with van der Waals surface area (Å²) in [7, 11) is 0. The number of nitrogens with two attached hydrogens (primary N) is 1. The van der Waals surface area contributed by atoms with Gasteiger partial charge in [0.15, 0.2) is 0 Å². The standard InChI is InChI=1S/C17H17F9N2O/c18-15(19,20)10-5-11(16(21,22)23)7-13(6-10)28(14(29)17(24,25)26)8-9-1-3-12(27)4-2-9/h5-7,9,12H,1-4,8,27H2. The first-order chi connectivity index (χ1) is 13.1. The molecule has 3 nitrogen and oxygen atoms in total. The SMILES string of the molecule is NC1CCC(CN(C(=O)C(F)(F)F)c2cc(C(F)(F)F)cc(C(F)(F)F)c2)CC1. The van der Waals surface area contributed by atoms with Crippen LogP contribution in [0.25, 0.3) is 0 Å². The minimum Gasteiger partial charge on any atom is -0.328 e. The Labute approximate surface area is 159 Å². The molecule has 1 aromatic carbocycles. The van der Waals surface area contributed by atoms with E-state index in [1.165, 1.54) is 0 Å². The Balaban J connectivity index is 2.52. The second kappa shape index (κ2) is 8.04. The van der Waals surface area contributed by atoms with E-state index in [0.29, 0.717) is 25.7 Å². The Kier molecular flexibility index (Phi) is 6.46. The third-order valence-corrected chi connectivity index (χ3v) is 4.70. The van der Waals surface area contributed by atoms with Gasteiger partial charge in [-0.3, -0.25) is 4.79 Å². The number of alkyl halides is 9. The summed E-state index contributed by atoms with van der Waals surface area (Å²) in [5.74, 6) is -3.06. The van der Waals surface area contributed by atoms with Gasteiger partial charge in [0.2, 0.25) is 0 Å². The lowest BCUT2D eigenvalue weighted by Gasteiger charge is -2.32. The van der Waals surface area contributed by atoms with Crippen molar-refractivity contribution in [1.29, 1.82) is 0 Å². The van der Waals surface area contributed by atoms with Crippen LogP contribution in [0, 0.1) is 5.92 Å². The monoisotopic (exact) mass is 436 g/mol. The van der Waals surface area contributed by atoms with Gasteiger partial charge in [0.05, 0.1) is 11.1 Å². The van der Waals surface area contributed by atoms with Crippen molar-refractivity contribution in [2.45, 2.75) is 50.3 Å². The summed E-state index contributed by atoms with van der Waals surface area (Å²) in [6, 6.07) is -0.163. The van der Waals surface area contributed by atoms with Gasteiger partial charge in [-0.2, -0.15) is 39.5 Å². The van der Waals surface area contributed by atoms with E-state index < -0.39 is 53.7 Å². The maximum atomic E-state index is 13.0. The molecule has 1 aromatic rings. The van der Waals surface area contributed by atoms with E-state index in [4.69, 9.17) is 5.73 Å². The van der Waals surface area contributed by atoms with Crippen molar-refractivity contribution in [3.05, 3.63) is 29.3 Å². The van der Waals surface area contributed by atoms with Gasteiger partial charge in [-0.15, -0.1) is 0 Å². The van der Waals surface area contributed by atoms with Gasteiger partial charge < -0.3 is 10.6 Å². The topological polar surface area (TPSA) is 46.3 Å². The van der Waals surface area contributed by atoms with Crippen LogP contribution in [-0.2, 0) is 17.1 Å². The second-order valence-corrected chi connectivity index (χ2v) is 6.96. The van der Waals surface area contributed by atoms with E-state index >= 15 is 0 Å². The molecule has 2 rings (SSSR count). The molecule has 1 aliphatic carbocycles. The molecule has 29 heavy (non-hydrogen) atoms. The minimum absolute atomic E-state index is 0.0496. The third kappa shape index (κ3) is 6.00. The molecule has 1 saturated carbocycles. The van der Waals surface area contributed by atoms with E-state index in [1.807, 2.05) is 0 Å². The number of anilines is 1. The average Bonchev–Trinajstić information content (AvgIpc) is 2.58. The van der Waals surface area contributed by atoms with Crippen LogP contribution in [0.5, 0.6) is 0 Å². The molecule has 0 saturated heterocycles. The quantitative estimate of drug-likeness (QED) is 0.668. The number of halogens is 9. The first-order valence-corrected chi connectivity index (χ1v) is 8.53. The molecular formula is C17H17F9N2O. The van der Waals surface area contributed by atoms with Crippen LogP contribution in [0.1, 0.15) is 36.8 Å². The van der Waals surface area contributed by atoms with Crippen molar-refractivity contribution in [3.63, 3.8) is 0 Å². The summed E-state index contributed by atoms with van der Waals surface area (Å²) in [6.07, 6.45) is -14.5. The van der Waals surface area contributed by atoms with E-state index in [-0.39, 0.29) is 29.1 Å². The fourth-order valence-electron chi connectivity index (χ4n) is 3.18.